The lowest BCUT2D eigenvalue weighted by Gasteiger charge is -2.27. The van der Waals surface area contributed by atoms with E-state index in [1.165, 1.54) is 43.5 Å². The minimum absolute atomic E-state index is 0.101. The van der Waals surface area contributed by atoms with Gasteiger partial charge in [-0.1, -0.05) is 42.3 Å². The van der Waals surface area contributed by atoms with Crippen molar-refractivity contribution < 1.29 is 4.79 Å². The van der Waals surface area contributed by atoms with Crippen LogP contribution in [0.5, 0.6) is 0 Å². The first-order chi connectivity index (χ1) is 13.2. The first-order valence-corrected chi connectivity index (χ1v) is 11.0. The lowest BCUT2D eigenvalue weighted by atomic mass is 10.0. The predicted octanol–water partition coefficient (Wildman–Crippen LogP) is 5.12. The number of likely N-dealkylation sites (tertiary alicyclic amines) is 1. The van der Waals surface area contributed by atoms with E-state index in [9.17, 15) is 4.79 Å². The number of nitrogens with one attached hydrogen (secondary N) is 1. The number of piperidine rings is 1. The number of carbonyl (C=O) groups excluding carboxylic acids is 1. The molecule has 0 aliphatic carbocycles. The largest absolute Gasteiger partial charge is 0.352 e. The summed E-state index contributed by atoms with van der Waals surface area (Å²) in [6.45, 7) is 3.96. The molecule has 0 atom stereocenters. The third-order valence-electron chi connectivity index (χ3n) is 4.85. The fraction of sp³-hybridized carbons (Fsp3) is 0.409. The van der Waals surface area contributed by atoms with Crippen LogP contribution in [0.15, 0.2) is 53.4 Å². The highest BCUT2D eigenvalue weighted by atomic mass is 35.5. The molecule has 0 radical (unpaired) electrons. The molecule has 1 amide bonds. The summed E-state index contributed by atoms with van der Waals surface area (Å²) in [4.78, 5) is 15.9. The van der Waals surface area contributed by atoms with Crippen molar-refractivity contribution in [3.8, 4) is 0 Å². The molecule has 1 N–H and O–H groups in total. The van der Waals surface area contributed by atoms with Crippen LogP contribution in [0.1, 0.15) is 36.8 Å². The van der Waals surface area contributed by atoms with Gasteiger partial charge in [-0.3, -0.25) is 9.69 Å². The molecule has 0 aromatic heterocycles. The second kappa shape index (κ2) is 10.7. The van der Waals surface area contributed by atoms with Gasteiger partial charge in [0.05, 0.1) is 0 Å². The van der Waals surface area contributed by atoms with Crippen LogP contribution < -0.4 is 5.32 Å². The molecular weight excluding hydrogens is 376 g/mol. The lowest BCUT2D eigenvalue weighted by Crippen LogP contribution is -2.30. The summed E-state index contributed by atoms with van der Waals surface area (Å²) >= 11 is 7.57. The van der Waals surface area contributed by atoms with Gasteiger partial charge in [-0.25, -0.2) is 0 Å². The van der Waals surface area contributed by atoms with Crippen LogP contribution >= 0.6 is 23.4 Å². The first-order valence-electron chi connectivity index (χ1n) is 9.65. The van der Waals surface area contributed by atoms with Gasteiger partial charge in [0.25, 0.3) is 0 Å². The van der Waals surface area contributed by atoms with E-state index in [4.69, 9.17) is 11.6 Å². The van der Waals surface area contributed by atoms with Crippen molar-refractivity contribution in [2.24, 2.45) is 0 Å². The number of rotatable bonds is 8. The van der Waals surface area contributed by atoms with E-state index in [0.717, 1.165) is 22.2 Å². The van der Waals surface area contributed by atoms with E-state index in [2.05, 4.69) is 34.5 Å². The molecule has 0 saturated carbocycles. The summed E-state index contributed by atoms with van der Waals surface area (Å²) < 4.78 is 0. The fourth-order valence-electron chi connectivity index (χ4n) is 3.32. The minimum atomic E-state index is 0.101. The number of amides is 1. The standard InChI is InChI=1S/C22H27ClN2OS/c23-20-8-10-21(11-9-20)27-15-12-22(26)24-16-18-6-2-3-7-19(18)17-25-13-4-1-5-14-25/h2-3,6-11H,1,4-5,12-17H2,(H,24,26). The number of nitrogens with zero attached hydrogens (tertiary/aromatic N) is 1. The summed E-state index contributed by atoms with van der Waals surface area (Å²) in [5.41, 5.74) is 2.55. The van der Waals surface area contributed by atoms with Crippen LogP contribution in [0.3, 0.4) is 0 Å². The topological polar surface area (TPSA) is 32.3 Å². The summed E-state index contributed by atoms with van der Waals surface area (Å²) in [5, 5.41) is 3.82. The number of carbonyl (C=O) groups is 1. The second-order valence-electron chi connectivity index (χ2n) is 6.93. The van der Waals surface area contributed by atoms with Gasteiger partial charge in [-0.15, -0.1) is 11.8 Å². The van der Waals surface area contributed by atoms with Gasteiger partial charge in [0.1, 0.15) is 0 Å². The van der Waals surface area contributed by atoms with Crippen LogP contribution in [0.2, 0.25) is 5.02 Å². The molecule has 5 heteroatoms. The maximum absolute atomic E-state index is 12.2. The Balaban J connectivity index is 1.43. The van der Waals surface area contributed by atoms with E-state index in [-0.39, 0.29) is 5.91 Å². The van der Waals surface area contributed by atoms with Crippen LogP contribution in [0.25, 0.3) is 0 Å². The van der Waals surface area contributed by atoms with E-state index >= 15 is 0 Å². The third-order valence-corrected chi connectivity index (χ3v) is 6.11. The van der Waals surface area contributed by atoms with Crippen molar-refractivity contribution in [3.63, 3.8) is 0 Å². The Morgan fingerprint density at radius 1 is 1.00 bits per heavy atom. The van der Waals surface area contributed by atoms with Crippen molar-refractivity contribution in [2.45, 2.75) is 43.7 Å². The van der Waals surface area contributed by atoms with Crippen molar-refractivity contribution in [2.75, 3.05) is 18.8 Å². The van der Waals surface area contributed by atoms with Crippen LogP contribution in [0, 0.1) is 0 Å². The van der Waals surface area contributed by atoms with Gasteiger partial charge in [-0.05, 0) is 61.3 Å². The summed E-state index contributed by atoms with van der Waals surface area (Å²) in [7, 11) is 0. The average Bonchev–Trinajstić information content (AvgIpc) is 2.70. The zero-order valence-electron chi connectivity index (χ0n) is 15.6. The molecule has 1 saturated heterocycles. The monoisotopic (exact) mass is 402 g/mol. The molecule has 3 nitrogen and oxygen atoms in total. The first kappa shape index (κ1) is 20.2. The van der Waals surface area contributed by atoms with Crippen LogP contribution in [-0.4, -0.2) is 29.6 Å². The molecule has 1 aliphatic heterocycles. The minimum Gasteiger partial charge on any atom is -0.352 e. The SMILES string of the molecule is O=C(CCSc1ccc(Cl)cc1)NCc1ccccc1CN1CCCCC1. The molecule has 1 heterocycles. The Hall–Kier alpha value is -1.49. The molecule has 0 spiro atoms. The van der Waals surface area contributed by atoms with Crippen LogP contribution in [0.4, 0.5) is 0 Å². The number of benzene rings is 2. The number of thioether (sulfide) groups is 1. The Kier molecular flexibility index (Phi) is 8.06. The Bertz CT molecular complexity index is 729. The smallest absolute Gasteiger partial charge is 0.221 e. The van der Waals surface area contributed by atoms with E-state index < -0.39 is 0 Å². The highest BCUT2D eigenvalue weighted by Crippen LogP contribution is 2.21. The molecule has 1 fully saturated rings. The van der Waals surface area contributed by atoms with E-state index in [1.54, 1.807) is 11.8 Å². The summed E-state index contributed by atoms with van der Waals surface area (Å²) in [6.07, 6.45) is 4.46. The van der Waals surface area contributed by atoms with Crippen molar-refractivity contribution >= 4 is 29.3 Å². The van der Waals surface area contributed by atoms with Gasteiger partial charge in [0, 0.05) is 35.2 Å². The van der Waals surface area contributed by atoms with Crippen LogP contribution in [-0.2, 0) is 17.9 Å². The highest BCUT2D eigenvalue weighted by Gasteiger charge is 2.12. The zero-order valence-corrected chi connectivity index (χ0v) is 17.2. The molecule has 0 bridgehead atoms. The van der Waals surface area contributed by atoms with E-state index in [1.807, 2.05) is 24.3 Å². The van der Waals surface area contributed by atoms with Gasteiger partial charge in [0.15, 0.2) is 0 Å². The Morgan fingerprint density at radius 2 is 1.70 bits per heavy atom. The average molecular weight is 403 g/mol. The molecular formula is C22H27ClN2OS. The lowest BCUT2D eigenvalue weighted by molar-refractivity contribution is -0.120. The summed E-state index contributed by atoms with van der Waals surface area (Å²) in [6, 6.07) is 16.2. The molecule has 1 aliphatic rings. The Labute approximate surface area is 171 Å². The fourth-order valence-corrected chi connectivity index (χ4v) is 4.29. The zero-order chi connectivity index (χ0) is 18.9. The number of hydrogen-bond donors (Lipinski definition) is 1. The predicted molar refractivity (Wildman–Crippen MR) is 114 cm³/mol. The molecule has 2 aromatic carbocycles. The quantitative estimate of drug-likeness (QED) is 0.621. The van der Waals surface area contributed by atoms with Crippen molar-refractivity contribution in [3.05, 3.63) is 64.7 Å². The number of halogens is 1. The Morgan fingerprint density at radius 3 is 2.44 bits per heavy atom. The van der Waals surface area contributed by atoms with Gasteiger partial charge in [0.2, 0.25) is 5.91 Å². The molecule has 144 valence electrons. The highest BCUT2D eigenvalue weighted by molar-refractivity contribution is 7.99. The van der Waals surface area contributed by atoms with Gasteiger partial charge in [-0.2, -0.15) is 0 Å². The summed E-state index contributed by atoms with van der Waals surface area (Å²) in [5.74, 6) is 0.868. The third kappa shape index (κ3) is 6.87. The number of hydrogen-bond acceptors (Lipinski definition) is 3. The van der Waals surface area contributed by atoms with E-state index in [0.29, 0.717) is 13.0 Å². The molecule has 0 unspecified atom stereocenters. The maximum Gasteiger partial charge on any atom is 0.221 e. The molecule has 3 rings (SSSR count). The van der Waals surface area contributed by atoms with Crippen molar-refractivity contribution in [1.29, 1.82) is 0 Å². The van der Waals surface area contributed by atoms with Gasteiger partial charge >= 0.3 is 0 Å². The maximum atomic E-state index is 12.2. The second-order valence-corrected chi connectivity index (χ2v) is 8.54. The van der Waals surface area contributed by atoms with Crippen molar-refractivity contribution in [1.82, 2.24) is 10.2 Å². The molecule has 27 heavy (non-hydrogen) atoms. The normalized spacial score (nSPS) is 14.9. The molecule has 2 aromatic rings. The van der Waals surface area contributed by atoms with Gasteiger partial charge < -0.3 is 5.32 Å².